The minimum absolute atomic E-state index is 0.274. The van der Waals surface area contributed by atoms with Crippen LogP contribution in [0.3, 0.4) is 0 Å². The summed E-state index contributed by atoms with van der Waals surface area (Å²) in [6, 6.07) is 6.50. The number of carboxylic acids is 1. The molecule has 0 unspecified atom stereocenters. The van der Waals surface area contributed by atoms with Crippen molar-refractivity contribution in [2.45, 2.75) is 19.8 Å². The highest BCUT2D eigenvalue weighted by atomic mass is 19.3. The summed E-state index contributed by atoms with van der Waals surface area (Å²) >= 11 is 0. The standard InChI is InChI=1S/C12H13F2NO3/c1-8-4-2-3-5-9(8)15(7-6-10(16)17)12(18)11(13)14/h2-5,11H,6-7H2,1H3,(H,16,17). The Morgan fingerprint density at radius 1 is 1.33 bits per heavy atom. The second-order valence-electron chi connectivity index (χ2n) is 3.72. The number of halogens is 2. The fraction of sp³-hybridized carbons (Fsp3) is 0.333. The molecule has 18 heavy (non-hydrogen) atoms. The number of carbonyl (C=O) groups excluding carboxylic acids is 1. The number of hydrogen-bond donors (Lipinski definition) is 1. The van der Waals surface area contributed by atoms with Crippen LogP contribution in [-0.2, 0) is 9.59 Å². The summed E-state index contributed by atoms with van der Waals surface area (Å²) in [4.78, 5) is 22.7. The molecule has 0 aromatic heterocycles. The van der Waals surface area contributed by atoms with Crippen molar-refractivity contribution in [3.8, 4) is 0 Å². The summed E-state index contributed by atoms with van der Waals surface area (Å²) in [5.41, 5.74) is 0.945. The van der Waals surface area contributed by atoms with E-state index >= 15 is 0 Å². The largest absolute Gasteiger partial charge is 0.481 e. The predicted molar refractivity (Wildman–Crippen MR) is 61.8 cm³/mol. The number of nitrogens with zero attached hydrogens (tertiary/aromatic N) is 1. The second-order valence-corrected chi connectivity index (χ2v) is 3.72. The van der Waals surface area contributed by atoms with Crippen LogP contribution >= 0.6 is 0 Å². The summed E-state index contributed by atoms with van der Waals surface area (Å²) in [6.45, 7) is 1.39. The molecule has 0 aliphatic rings. The lowest BCUT2D eigenvalue weighted by atomic mass is 10.1. The molecule has 1 rings (SSSR count). The van der Waals surface area contributed by atoms with Crippen molar-refractivity contribution in [3.05, 3.63) is 29.8 Å². The lowest BCUT2D eigenvalue weighted by molar-refractivity contribution is -0.136. The third kappa shape index (κ3) is 3.51. The van der Waals surface area contributed by atoms with E-state index in [1.807, 2.05) is 0 Å². The van der Waals surface area contributed by atoms with Crippen molar-refractivity contribution in [1.82, 2.24) is 0 Å². The maximum atomic E-state index is 12.5. The van der Waals surface area contributed by atoms with Crippen molar-refractivity contribution in [2.75, 3.05) is 11.4 Å². The third-order valence-corrected chi connectivity index (χ3v) is 2.41. The molecule has 98 valence electrons. The Balaban J connectivity index is 3.00. The molecule has 0 saturated heterocycles. The maximum absolute atomic E-state index is 12.5. The zero-order valence-electron chi connectivity index (χ0n) is 9.77. The Morgan fingerprint density at radius 3 is 2.44 bits per heavy atom. The molecule has 0 atom stereocenters. The fourth-order valence-corrected chi connectivity index (χ4v) is 1.54. The van der Waals surface area contributed by atoms with Crippen LogP contribution in [0.5, 0.6) is 0 Å². The number of carboxylic acid groups (broad SMARTS) is 1. The van der Waals surface area contributed by atoms with Gasteiger partial charge in [-0.05, 0) is 18.6 Å². The fourth-order valence-electron chi connectivity index (χ4n) is 1.54. The first kappa shape index (κ1) is 14.1. The number of anilines is 1. The first-order chi connectivity index (χ1) is 8.43. The van der Waals surface area contributed by atoms with Gasteiger partial charge in [-0.25, -0.2) is 0 Å². The van der Waals surface area contributed by atoms with E-state index in [-0.39, 0.29) is 13.0 Å². The molecular weight excluding hydrogens is 244 g/mol. The number of hydrogen-bond acceptors (Lipinski definition) is 2. The number of carbonyl (C=O) groups is 2. The van der Waals surface area contributed by atoms with Gasteiger partial charge in [-0.3, -0.25) is 9.59 Å². The number of rotatable bonds is 5. The first-order valence-corrected chi connectivity index (χ1v) is 5.30. The molecule has 1 amide bonds. The SMILES string of the molecule is Cc1ccccc1N(CCC(=O)O)C(=O)C(F)F. The lowest BCUT2D eigenvalue weighted by Gasteiger charge is -2.23. The van der Waals surface area contributed by atoms with Crippen LogP contribution in [0.4, 0.5) is 14.5 Å². The molecule has 1 N–H and O–H groups in total. The molecule has 0 heterocycles. The van der Waals surface area contributed by atoms with Gasteiger partial charge in [0.2, 0.25) is 0 Å². The van der Waals surface area contributed by atoms with Gasteiger partial charge in [-0.1, -0.05) is 18.2 Å². The van der Waals surface area contributed by atoms with Crippen molar-refractivity contribution in [1.29, 1.82) is 0 Å². The number of amides is 1. The minimum Gasteiger partial charge on any atom is -0.481 e. The van der Waals surface area contributed by atoms with Gasteiger partial charge >= 0.3 is 12.4 Å². The second kappa shape index (κ2) is 6.09. The molecule has 0 fully saturated rings. The molecule has 0 radical (unpaired) electrons. The number of benzene rings is 1. The Bertz CT molecular complexity index is 449. The first-order valence-electron chi connectivity index (χ1n) is 5.30. The van der Waals surface area contributed by atoms with Gasteiger partial charge in [0, 0.05) is 12.2 Å². The van der Waals surface area contributed by atoms with Crippen molar-refractivity contribution >= 4 is 17.6 Å². The van der Waals surface area contributed by atoms with E-state index in [1.54, 1.807) is 25.1 Å². The van der Waals surface area contributed by atoms with Crippen molar-refractivity contribution < 1.29 is 23.5 Å². The highest BCUT2D eigenvalue weighted by Crippen LogP contribution is 2.21. The van der Waals surface area contributed by atoms with E-state index in [9.17, 15) is 18.4 Å². The van der Waals surface area contributed by atoms with Crippen LogP contribution in [0, 0.1) is 6.92 Å². The highest BCUT2D eigenvalue weighted by molar-refractivity contribution is 5.96. The Labute approximate surface area is 103 Å². The quantitative estimate of drug-likeness (QED) is 0.878. The maximum Gasteiger partial charge on any atom is 0.316 e. The zero-order chi connectivity index (χ0) is 13.7. The van der Waals surface area contributed by atoms with Gasteiger partial charge in [0.1, 0.15) is 0 Å². The molecular formula is C12H13F2NO3. The summed E-state index contributed by atoms with van der Waals surface area (Å²) in [5.74, 6) is -2.53. The molecule has 0 spiro atoms. The zero-order valence-corrected chi connectivity index (χ0v) is 9.77. The van der Waals surface area contributed by atoms with E-state index in [1.165, 1.54) is 6.07 Å². The molecule has 4 nitrogen and oxygen atoms in total. The molecule has 0 saturated carbocycles. The van der Waals surface area contributed by atoms with Gasteiger partial charge in [0.25, 0.3) is 5.91 Å². The molecule has 6 heteroatoms. The van der Waals surface area contributed by atoms with Crippen LogP contribution in [-0.4, -0.2) is 30.0 Å². The number of aryl methyl sites for hydroxylation is 1. The van der Waals surface area contributed by atoms with Crippen LogP contribution in [0.1, 0.15) is 12.0 Å². The normalized spacial score (nSPS) is 10.4. The minimum atomic E-state index is -3.15. The molecule has 0 aliphatic carbocycles. The number of alkyl halides is 2. The van der Waals surface area contributed by atoms with Crippen molar-refractivity contribution in [2.24, 2.45) is 0 Å². The van der Waals surface area contributed by atoms with Gasteiger partial charge in [0.05, 0.1) is 6.42 Å². The predicted octanol–water partition coefficient (Wildman–Crippen LogP) is 2.07. The average Bonchev–Trinajstić information content (AvgIpc) is 2.30. The van der Waals surface area contributed by atoms with Crippen LogP contribution in [0.15, 0.2) is 24.3 Å². The van der Waals surface area contributed by atoms with E-state index in [0.29, 0.717) is 11.3 Å². The number of para-hydroxylation sites is 1. The summed E-state index contributed by atoms with van der Waals surface area (Å²) in [7, 11) is 0. The van der Waals surface area contributed by atoms with Crippen LogP contribution in [0.25, 0.3) is 0 Å². The van der Waals surface area contributed by atoms with Crippen LogP contribution in [0.2, 0.25) is 0 Å². The summed E-state index contributed by atoms with van der Waals surface area (Å²) in [5, 5.41) is 8.57. The van der Waals surface area contributed by atoms with Crippen molar-refractivity contribution in [3.63, 3.8) is 0 Å². The summed E-state index contributed by atoms with van der Waals surface area (Å²) < 4.78 is 25.0. The lowest BCUT2D eigenvalue weighted by Crippen LogP contribution is -2.37. The Kier molecular flexibility index (Phi) is 4.76. The Hall–Kier alpha value is -1.98. The smallest absolute Gasteiger partial charge is 0.316 e. The highest BCUT2D eigenvalue weighted by Gasteiger charge is 2.25. The summed E-state index contributed by atoms with van der Waals surface area (Å²) in [6.07, 6.45) is -3.54. The van der Waals surface area contributed by atoms with Crippen LogP contribution < -0.4 is 4.90 Å². The molecule has 0 bridgehead atoms. The van der Waals surface area contributed by atoms with E-state index in [2.05, 4.69) is 0 Å². The van der Waals surface area contributed by atoms with E-state index < -0.39 is 18.3 Å². The van der Waals surface area contributed by atoms with Gasteiger partial charge < -0.3 is 10.0 Å². The molecule has 1 aromatic carbocycles. The van der Waals surface area contributed by atoms with Gasteiger partial charge in [0.15, 0.2) is 0 Å². The van der Waals surface area contributed by atoms with E-state index in [4.69, 9.17) is 5.11 Å². The average molecular weight is 257 g/mol. The monoisotopic (exact) mass is 257 g/mol. The van der Waals surface area contributed by atoms with Gasteiger partial charge in [-0.2, -0.15) is 8.78 Å². The molecule has 1 aromatic rings. The number of aliphatic carboxylic acids is 1. The van der Waals surface area contributed by atoms with E-state index in [0.717, 1.165) is 4.90 Å². The van der Waals surface area contributed by atoms with Gasteiger partial charge in [-0.15, -0.1) is 0 Å². The topological polar surface area (TPSA) is 57.6 Å². The third-order valence-electron chi connectivity index (χ3n) is 2.41. The molecule has 0 aliphatic heterocycles. The Morgan fingerprint density at radius 2 is 1.94 bits per heavy atom.